The van der Waals surface area contributed by atoms with Crippen LogP contribution in [0.2, 0.25) is 0 Å². The van der Waals surface area contributed by atoms with E-state index < -0.39 is 37.0 Å². The van der Waals surface area contributed by atoms with Gasteiger partial charge in [-0.1, -0.05) is 0 Å². The smallest absolute Gasteiger partial charge is 0.327 e. The van der Waals surface area contributed by atoms with Gasteiger partial charge >= 0.3 is 5.97 Å². The molecule has 0 radical (unpaired) electrons. The summed E-state index contributed by atoms with van der Waals surface area (Å²) in [5.41, 5.74) is 0. The average molecular weight is 211 g/mol. The van der Waals surface area contributed by atoms with Gasteiger partial charge in [-0.05, 0) is 0 Å². The summed E-state index contributed by atoms with van der Waals surface area (Å²) in [6.45, 7) is -0.670. The van der Waals surface area contributed by atoms with Crippen molar-refractivity contribution >= 4 is 0 Å². The molecule has 0 spiro atoms. The third kappa shape index (κ3) is 1.74. The molecule has 14 heavy (non-hydrogen) atoms. The van der Waals surface area contributed by atoms with E-state index in [1.54, 1.807) is 0 Å². The van der Waals surface area contributed by atoms with E-state index >= 15 is 0 Å². The molecule has 0 bridgehead atoms. The monoisotopic (exact) mass is 211 g/mol. The zero-order chi connectivity index (χ0) is 10.9. The molecular formula is C6H13NO7. The summed E-state index contributed by atoms with van der Waals surface area (Å²) in [5, 5.41) is 45.7. The van der Waals surface area contributed by atoms with Gasteiger partial charge in [0.05, 0.1) is 6.61 Å². The Morgan fingerprint density at radius 2 is 1.86 bits per heavy atom. The Kier molecular flexibility index (Phi) is 3.40. The van der Waals surface area contributed by atoms with Crippen LogP contribution in [0.4, 0.5) is 0 Å². The van der Waals surface area contributed by atoms with Gasteiger partial charge in [-0.25, -0.2) is 10.7 Å². The van der Waals surface area contributed by atoms with Crippen LogP contribution in [0.1, 0.15) is 0 Å². The topological polar surface area (TPSA) is 146 Å². The van der Waals surface area contributed by atoms with Crippen molar-refractivity contribution in [3.8, 4) is 0 Å². The first-order valence-electron chi connectivity index (χ1n) is 3.89. The number of aliphatic hydroxyl groups is 5. The molecule has 8 nitrogen and oxygen atoms in total. The molecule has 1 fully saturated rings. The molecule has 1 heterocycles. The summed E-state index contributed by atoms with van der Waals surface area (Å²) in [6.07, 6.45) is -6.48. The highest BCUT2D eigenvalue weighted by Crippen LogP contribution is 2.27. The highest BCUT2D eigenvalue weighted by molar-refractivity contribution is 4.91. The van der Waals surface area contributed by atoms with Gasteiger partial charge in [0.15, 0.2) is 6.10 Å². The lowest BCUT2D eigenvalue weighted by Gasteiger charge is -2.43. The largest absolute Gasteiger partial charge is 0.394 e. The van der Waals surface area contributed by atoms with Crippen molar-refractivity contribution in [2.24, 2.45) is 5.90 Å². The van der Waals surface area contributed by atoms with Crippen LogP contribution >= 0.6 is 0 Å². The SMILES string of the molecule is NO[C@]1(O)O[C@H](CO)[C@@H](O)[C@H](O)[C@H]1O. The van der Waals surface area contributed by atoms with E-state index in [1.165, 1.54) is 0 Å². The van der Waals surface area contributed by atoms with Crippen LogP contribution in [0, 0.1) is 0 Å². The third-order valence-electron chi connectivity index (χ3n) is 2.10. The van der Waals surface area contributed by atoms with Crippen molar-refractivity contribution in [2.45, 2.75) is 30.4 Å². The van der Waals surface area contributed by atoms with Crippen LogP contribution in [0.25, 0.3) is 0 Å². The summed E-state index contributed by atoms with van der Waals surface area (Å²) in [4.78, 5) is 3.94. The van der Waals surface area contributed by atoms with Gasteiger partial charge in [-0.15, -0.1) is 0 Å². The minimum atomic E-state index is -2.63. The summed E-state index contributed by atoms with van der Waals surface area (Å²) in [6, 6.07) is 0. The first kappa shape index (κ1) is 11.8. The van der Waals surface area contributed by atoms with E-state index in [0.717, 1.165) is 0 Å². The molecular weight excluding hydrogens is 198 g/mol. The zero-order valence-corrected chi connectivity index (χ0v) is 7.15. The van der Waals surface area contributed by atoms with Crippen molar-refractivity contribution in [3.63, 3.8) is 0 Å². The number of rotatable bonds is 2. The molecule has 8 heteroatoms. The van der Waals surface area contributed by atoms with E-state index in [1.807, 2.05) is 0 Å². The average Bonchev–Trinajstić information content (AvgIpc) is 2.20. The van der Waals surface area contributed by atoms with E-state index in [2.05, 4.69) is 15.5 Å². The molecule has 0 saturated carbocycles. The molecule has 7 N–H and O–H groups in total. The highest BCUT2D eigenvalue weighted by Gasteiger charge is 2.54. The lowest BCUT2D eigenvalue weighted by atomic mass is 9.98. The normalized spacial score (nSPS) is 49.3. The first-order chi connectivity index (χ1) is 6.46. The molecule has 0 aromatic carbocycles. The Morgan fingerprint density at radius 1 is 1.29 bits per heavy atom. The summed E-state index contributed by atoms with van der Waals surface area (Å²) in [7, 11) is 0. The van der Waals surface area contributed by atoms with Crippen molar-refractivity contribution < 1.29 is 35.1 Å². The molecule has 0 aromatic rings. The molecule has 1 aliphatic heterocycles. The lowest BCUT2D eigenvalue weighted by Crippen LogP contribution is -2.66. The third-order valence-corrected chi connectivity index (χ3v) is 2.10. The fourth-order valence-corrected chi connectivity index (χ4v) is 1.22. The Bertz CT molecular complexity index is 201. The second-order valence-corrected chi connectivity index (χ2v) is 3.01. The number of aliphatic hydroxyl groups excluding tert-OH is 4. The predicted molar refractivity (Wildman–Crippen MR) is 40.2 cm³/mol. The highest BCUT2D eigenvalue weighted by atomic mass is 16.9. The van der Waals surface area contributed by atoms with Crippen LogP contribution in [-0.4, -0.2) is 62.5 Å². The van der Waals surface area contributed by atoms with Crippen molar-refractivity contribution in [3.05, 3.63) is 0 Å². The number of nitrogens with two attached hydrogens (primary N) is 1. The molecule has 0 aromatic heterocycles. The first-order valence-corrected chi connectivity index (χ1v) is 3.89. The maximum absolute atomic E-state index is 9.34. The Balaban J connectivity index is 2.84. The van der Waals surface area contributed by atoms with E-state index in [9.17, 15) is 20.4 Å². The van der Waals surface area contributed by atoms with Gasteiger partial charge in [-0.2, -0.15) is 0 Å². The van der Waals surface area contributed by atoms with Crippen molar-refractivity contribution in [1.82, 2.24) is 0 Å². The van der Waals surface area contributed by atoms with E-state index in [0.29, 0.717) is 0 Å². The molecule has 0 unspecified atom stereocenters. The van der Waals surface area contributed by atoms with Crippen LogP contribution in [0.3, 0.4) is 0 Å². The van der Waals surface area contributed by atoms with Crippen molar-refractivity contribution in [2.75, 3.05) is 6.61 Å². The predicted octanol–water partition coefficient (Wildman–Crippen LogP) is -4.00. The lowest BCUT2D eigenvalue weighted by molar-refractivity contribution is -0.451. The standard InChI is InChI=1S/C6H13NO7/c7-14-6(12)5(11)4(10)3(9)2(1-8)13-6/h2-5,8-12H,1,7H2/t2-,3-,4+,5-,6-/m1/s1. The van der Waals surface area contributed by atoms with Gasteiger partial charge in [0.2, 0.25) is 0 Å². The van der Waals surface area contributed by atoms with Crippen LogP contribution in [0.15, 0.2) is 0 Å². The van der Waals surface area contributed by atoms with Crippen LogP contribution in [0.5, 0.6) is 0 Å². The fraction of sp³-hybridized carbons (Fsp3) is 1.00. The molecule has 0 aliphatic carbocycles. The molecule has 84 valence electrons. The minimum absolute atomic E-state index is 0.670. The van der Waals surface area contributed by atoms with Crippen LogP contribution < -0.4 is 5.90 Å². The molecule has 0 amide bonds. The Hall–Kier alpha value is -0.320. The number of hydrogen-bond donors (Lipinski definition) is 6. The molecule has 1 saturated heterocycles. The van der Waals surface area contributed by atoms with Gasteiger partial charge in [0, 0.05) is 0 Å². The van der Waals surface area contributed by atoms with Gasteiger partial charge in [-0.3, -0.25) is 0 Å². The van der Waals surface area contributed by atoms with Gasteiger partial charge in [0.25, 0.3) is 0 Å². The number of hydrogen-bond acceptors (Lipinski definition) is 8. The molecule has 5 atom stereocenters. The molecule has 1 rings (SSSR count). The number of ether oxygens (including phenoxy) is 1. The van der Waals surface area contributed by atoms with E-state index in [4.69, 9.17) is 5.11 Å². The Morgan fingerprint density at radius 3 is 2.29 bits per heavy atom. The quantitative estimate of drug-likeness (QED) is 0.200. The Labute approximate surface area is 79.1 Å². The summed E-state index contributed by atoms with van der Waals surface area (Å²) < 4.78 is 4.57. The minimum Gasteiger partial charge on any atom is -0.394 e. The van der Waals surface area contributed by atoms with Crippen LogP contribution in [-0.2, 0) is 9.57 Å². The molecule has 1 aliphatic rings. The van der Waals surface area contributed by atoms with E-state index in [-0.39, 0.29) is 0 Å². The fourth-order valence-electron chi connectivity index (χ4n) is 1.22. The second-order valence-electron chi connectivity index (χ2n) is 3.01. The van der Waals surface area contributed by atoms with Gasteiger partial charge < -0.3 is 30.3 Å². The van der Waals surface area contributed by atoms with Crippen molar-refractivity contribution in [1.29, 1.82) is 0 Å². The summed E-state index contributed by atoms with van der Waals surface area (Å²) in [5.74, 6) is 2.01. The zero-order valence-electron chi connectivity index (χ0n) is 7.15. The summed E-state index contributed by atoms with van der Waals surface area (Å²) >= 11 is 0. The second kappa shape index (κ2) is 4.04. The van der Waals surface area contributed by atoms with Gasteiger partial charge in [0.1, 0.15) is 18.3 Å². The maximum atomic E-state index is 9.34. The maximum Gasteiger partial charge on any atom is 0.327 e.